The van der Waals surface area contributed by atoms with Crippen LogP contribution >= 0.6 is 11.3 Å². The molecule has 10 heteroatoms. The van der Waals surface area contributed by atoms with Crippen molar-refractivity contribution in [3.8, 4) is 0 Å². The highest BCUT2D eigenvalue weighted by atomic mass is 32.1. The van der Waals surface area contributed by atoms with Gasteiger partial charge in [0.1, 0.15) is 4.83 Å². The molecular weight excluding hydrogens is 394 g/mol. The maximum absolute atomic E-state index is 12.8. The van der Waals surface area contributed by atoms with Crippen LogP contribution in [0.5, 0.6) is 0 Å². The number of aromatic nitrogens is 4. The van der Waals surface area contributed by atoms with Crippen molar-refractivity contribution in [3.63, 3.8) is 0 Å². The highest BCUT2D eigenvalue weighted by Crippen LogP contribution is 2.32. The summed E-state index contributed by atoms with van der Waals surface area (Å²) in [6.07, 6.45) is 0. The van der Waals surface area contributed by atoms with Crippen LogP contribution < -0.4 is 17.0 Å². The van der Waals surface area contributed by atoms with Gasteiger partial charge < -0.3 is 15.4 Å². The Morgan fingerprint density at radius 2 is 1.97 bits per heavy atom. The molecular formula is C19H19N5O4S. The van der Waals surface area contributed by atoms with Crippen molar-refractivity contribution in [2.75, 3.05) is 5.73 Å². The quantitative estimate of drug-likeness (QED) is 0.527. The van der Waals surface area contributed by atoms with Crippen LogP contribution in [0.25, 0.3) is 21.3 Å². The number of carboxylic acid groups (broad SMARTS) is 1. The number of nitrogens with zero attached hydrogens (tertiary/aromatic N) is 4. The van der Waals surface area contributed by atoms with Crippen molar-refractivity contribution in [2.24, 2.45) is 7.05 Å². The van der Waals surface area contributed by atoms with E-state index in [2.05, 4.69) is 4.98 Å². The predicted octanol–water partition coefficient (Wildman–Crippen LogP) is 2.02. The van der Waals surface area contributed by atoms with Crippen LogP contribution in [0.15, 0.2) is 33.9 Å². The number of carbonyl (C=O) groups is 1. The Kier molecular flexibility index (Phi) is 4.30. The smallest absolute Gasteiger partial charge is 0.337 e. The minimum Gasteiger partial charge on any atom is -0.478 e. The zero-order chi connectivity index (χ0) is 21.0. The Morgan fingerprint density at radius 1 is 1.28 bits per heavy atom. The average molecular weight is 413 g/mol. The van der Waals surface area contributed by atoms with E-state index in [1.807, 2.05) is 38.1 Å². The number of rotatable bonds is 4. The summed E-state index contributed by atoms with van der Waals surface area (Å²) >= 11 is 1.12. The SMILES string of the molecule is CC(C)n1c(=O)n(C)c(=O)c2c(C(=O)O)c(Cn3c(N)nc4ccccc43)sc21. The molecule has 0 saturated heterocycles. The number of thiophene rings is 1. The molecule has 0 spiro atoms. The number of aromatic carboxylic acids is 1. The van der Waals surface area contributed by atoms with Crippen LogP contribution in [-0.2, 0) is 13.6 Å². The van der Waals surface area contributed by atoms with Crippen molar-refractivity contribution in [1.82, 2.24) is 18.7 Å². The molecule has 3 heterocycles. The van der Waals surface area contributed by atoms with Gasteiger partial charge in [0.25, 0.3) is 5.56 Å². The van der Waals surface area contributed by atoms with Gasteiger partial charge in [0.2, 0.25) is 5.95 Å². The molecule has 0 aliphatic heterocycles. The van der Waals surface area contributed by atoms with Crippen LogP contribution in [0.1, 0.15) is 35.1 Å². The van der Waals surface area contributed by atoms with E-state index < -0.39 is 17.2 Å². The van der Waals surface area contributed by atoms with E-state index in [-0.39, 0.29) is 29.5 Å². The molecule has 0 aliphatic rings. The van der Waals surface area contributed by atoms with E-state index in [0.717, 1.165) is 21.4 Å². The second kappa shape index (κ2) is 6.59. The van der Waals surface area contributed by atoms with Crippen LogP contribution in [-0.4, -0.2) is 29.8 Å². The van der Waals surface area contributed by atoms with Crippen molar-refractivity contribution >= 4 is 44.5 Å². The van der Waals surface area contributed by atoms with Crippen LogP contribution in [0.2, 0.25) is 0 Å². The lowest BCUT2D eigenvalue weighted by molar-refractivity contribution is 0.0698. The van der Waals surface area contributed by atoms with E-state index in [0.29, 0.717) is 15.2 Å². The van der Waals surface area contributed by atoms with Crippen LogP contribution in [0.4, 0.5) is 5.95 Å². The Hall–Kier alpha value is -3.40. The second-order valence-electron chi connectivity index (χ2n) is 7.04. The van der Waals surface area contributed by atoms with Gasteiger partial charge >= 0.3 is 11.7 Å². The van der Waals surface area contributed by atoms with Gasteiger partial charge in [0.15, 0.2) is 0 Å². The first-order valence-corrected chi connectivity index (χ1v) is 9.75. The predicted molar refractivity (Wildman–Crippen MR) is 112 cm³/mol. The fraction of sp³-hybridized carbons (Fsp3) is 0.263. The summed E-state index contributed by atoms with van der Waals surface area (Å²) in [5.74, 6) is -0.977. The second-order valence-corrected chi connectivity index (χ2v) is 8.12. The molecule has 3 N–H and O–H groups in total. The fourth-order valence-corrected chi connectivity index (χ4v) is 4.93. The van der Waals surface area contributed by atoms with Gasteiger partial charge in [-0.1, -0.05) is 12.1 Å². The van der Waals surface area contributed by atoms with Gasteiger partial charge in [-0.15, -0.1) is 11.3 Å². The topological polar surface area (TPSA) is 125 Å². The van der Waals surface area contributed by atoms with Crippen molar-refractivity contribution < 1.29 is 9.90 Å². The molecule has 3 aromatic heterocycles. The minimum atomic E-state index is -1.22. The molecule has 1 aromatic carbocycles. The van der Waals surface area contributed by atoms with Gasteiger partial charge in [-0.05, 0) is 26.0 Å². The Balaban J connectivity index is 2.06. The molecule has 150 valence electrons. The van der Waals surface area contributed by atoms with Gasteiger partial charge in [-0.2, -0.15) is 0 Å². The fourth-order valence-electron chi connectivity index (χ4n) is 3.53. The summed E-state index contributed by atoms with van der Waals surface area (Å²) in [4.78, 5) is 42.6. The first kappa shape index (κ1) is 18.9. The summed E-state index contributed by atoms with van der Waals surface area (Å²) in [5.41, 5.74) is 6.32. The van der Waals surface area contributed by atoms with Crippen LogP contribution in [0.3, 0.4) is 0 Å². The third-order valence-corrected chi connectivity index (χ3v) is 6.08. The Labute approximate surface area is 168 Å². The molecule has 0 radical (unpaired) electrons. The number of nitrogens with two attached hydrogens (primary N) is 1. The standard InChI is InChI=1S/C19H19N5O4S/c1-9(2)24-16-14(15(25)22(3)19(24)28)13(17(26)27)12(29-16)8-23-11-7-5-4-6-10(11)21-18(23)20/h4-7,9H,8H2,1-3H3,(H2,20,21)(H,26,27). The van der Waals surface area contributed by atoms with E-state index in [9.17, 15) is 19.5 Å². The monoisotopic (exact) mass is 413 g/mol. The first-order chi connectivity index (χ1) is 13.7. The van der Waals surface area contributed by atoms with E-state index in [1.165, 1.54) is 11.6 Å². The Bertz CT molecular complexity index is 1410. The van der Waals surface area contributed by atoms with Gasteiger partial charge in [0, 0.05) is 18.0 Å². The lowest BCUT2D eigenvalue weighted by Crippen LogP contribution is -2.38. The number of fused-ring (bicyclic) bond motifs is 2. The molecule has 0 unspecified atom stereocenters. The number of nitrogen functional groups attached to an aromatic ring is 1. The summed E-state index contributed by atoms with van der Waals surface area (Å²) in [6.45, 7) is 3.75. The minimum absolute atomic E-state index is 0.0382. The van der Waals surface area contributed by atoms with Crippen molar-refractivity contribution in [2.45, 2.75) is 26.4 Å². The van der Waals surface area contributed by atoms with E-state index >= 15 is 0 Å². The molecule has 0 aliphatic carbocycles. The third kappa shape index (κ3) is 2.75. The molecule has 9 nitrogen and oxygen atoms in total. The van der Waals surface area contributed by atoms with Gasteiger partial charge in [-0.3, -0.25) is 13.9 Å². The van der Waals surface area contributed by atoms with Gasteiger partial charge in [0.05, 0.1) is 28.5 Å². The summed E-state index contributed by atoms with van der Waals surface area (Å²) < 4.78 is 4.10. The molecule has 0 atom stereocenters. The van der Waals surface area contributed by atoms with E-state index in [1.54, 1.807) is 4.57 Å². The van der Waals surface area contributed by atoms with E-state index in [4.69, 9.17) is 5.73 Å². The number of benzene rings is 1. The van der Waals surface area contributed by atoms with Crippen molar-refractivity contribution in [1.29, 1.82) is 0 Å². The summed E-state index contributed by atoms with van der Waals surface area (Å²) in [6, 6.07) is 7.10. The molecule has 29 heavy (non-hydrogen) atoms. The number of imidazole rings is 1. The average Bonchev–Trinajstić information content (AvgIpc) is 3.18. The highest BCUT2D eigenvalue weighted by molar-refractivity contribution is 7.19. The molecule has 0 bridgehead atoms. The lowest BCUT2D eigenvalue weighted by Gasteiger charge is -2.12. The molecule has 0 saturated carbocycles. The number of hydrogen-bond donors (Lipinski definition) is 2. The van der Waals surface area contributed by atoms with Gasteiger partial charge in [-0.25, -0.2) is 14.6 Å². The molecule has 4 aromatic rings. The maximum Gasteiger partial charge on any atom is 0.337 e. The highest BCUT2D eigenvalue weighted by Gasteiger charge is 2.26. The summed E-state index contributed by atoms with van der Waals surface area (Å²) in [5, 5.41) is 9.93. The van der Waals surface area contributed by atoms with Crippen molar-refractivity contribution in [3.05, 3.63) is 55.5 Å². The number of para-hydroxylation sites is 2. The molecule has 4 rings (SSSR count). The number of hydrogen-bond acceptors (Lipinski definition) is 6. The lowest BCUT2D eigenvalue weighted by atomic mass is 10.1. The zero-order valence-electron chi connectivity index (χ0n) is 16.0. The third-order valence-electron chi connectivity index (χ3n) is 4.91. The summed E-state index contributed by atoms with van der Waals surface area (Å²) in [7, 11) is 1.35. The zero-order valence-corrected chi connectivity index (χ0v) is 16.9. The molecule has 0 amide bonds. The Morgan fingerprint density at radius 3 is 2.62 bits per heavy atom. The maximum atomic E-state index is 12.8. The largest absolute Gasteiger partial charge is 0.478 e. The number of anilines is 1. The molecule has 0 fully saturated rings. The van der Waals surface area contributed by atoms with Crippen LogP contribution in [0, 0.1) is 0 Å². The first-order valence-electron chi connectivity index (χ1n) is 8.93. The number of carboxylic acids is 1. The normalized spacial score (nSPS) is 11.7.